The van der Waals surface area contributed by atoms with Gasteiger partial charge in [0.2, 0.25) is 11.8 Å². The Bertz CT molecular complexity index is 623. The fourth-order valence-corrected chi connectivity index (χ4v) is 2.58. The number of rotatable bonds is 9. The molecular weight excluding hydrogens is 365 g/mol. The van der Waals surface area contributed by atoms with Crippen LogP contribution in [0.1, 0.15) is 37.0 Å². The third-order valence-electron chi connectivity index (χ3n) is 3.54. The SMILES string of the molecule is CCCCN(CC)C(=O)CNC(=O)CNC(=O)c1ccc(Cl)cc1Cl. The average molecular weight is 388 g/mol. The van der Waals surface area contributed by atoms with Gasteiger partial charge in [0.05, 0.1) is 23.7 Å². The second kappa shape index (κ2) is 10.9. The van der Waals surface area contributed by atoms with E-state index in [-0.39, 0.29) is 29.6 Å². The normalized spacial score (nSPS) is 10.2. The van der Waals surface area contributed by atoms with Crippen LogP contribution >= 0.6 is 23.2 Å². The molecule has 0 spiro atoms. The summed E-state index contributed by atoms with van der Waals surface area (Å²) in [6.07, 6.45) is 1.92. The number of halogens is 2. The van der Waals surface area contributed by atoms with E-state index in [0.717, 1.165) is 12.8 Å². The number of carbonyl (C=O) groups is 3. The Morgan fingerprint density at radius 3 is 2.40 bits per heavy atom. The van der Waals surface area contributed by atoms with Gasteiger partial charge in [-0.3, -0.25) is 14.4 Å². The molecule has 6 nitrogen and oxygen atoms in total. The number of amides is 3. The number of nitrogens with one attached hydrogen (secondary N) is 2. The molecule has 2 N–H and O–H groups in total. The summed E-state index contributed by atoms with van der Waals surface area (Å²) < 4.78 is 0. The van der Waals surface area contributed by atoms with Crippen molar-refractivity contribution in [3.05, 3.63) is 33.8 Å². The molecule has 138 valence electrons. The van der Waals surface area contributed by atoms with Gasteiger partial charge in [-0.05, 0) is 31.5 Å². The minimum absolute atomic E-state index is 0.0893. The number of likely N-dealkylation sites (N-methyl/N-ethyl adjacent to an activating group) is 1. The summed E-state index contributed by atoms with van der Waals surface area (Å²) >= 11 is 11.7. The summed E-state index contributed by atoms with van der Waals surface area (Å²) in [4.78, 5) is 37.5. The van der Waals surface area contributed by atoms with E-state index in [4.69, 9.17) is 23.2 Å². The summed E-state index contributed by atoms with van der Waals surface area (Å²) in [6, 6.07) is 4.47. The molecule has 0 unspecified atom stereocenters. The smallest absolute Gasteiger partial charge is 0.253 e. The van der Waals surface area contributed by atoms with Crippen LogP contribution in [-0.4, -0.2) is 48.8 Å². The summed E-state index contributed by atoms with van der Waals surface area (Å²) in [7, 11) is 0. The van der Waals surface area contributed by atoms with Crippen LogP contribution in [0.4, 0.5) is 0 Å². The molecule has 0 atom stereocenters. The lowest BCUT2D eigenvalue weighted by Crippen LogP contribution is -2.43. The summed E-state index contributed by atoms with van der Waals surface area (Å²) in [6.45, 7) is 4.88. The van der Waals surface area contributed by atoms with E-state index in [1.54, 1.807) is 4.90 Å². The molecule has 1 aromatic carbocycles. The minimum atomic E-state index is -0.485. The Balaban J connectivity index is 2.41. The van der Waals surface area contributed by atoms with Crippen molar-refractivity contribution in [2.45, 2.75) is 26.7 Å². The topological polar surface area (TPSA) is 78.5 Å². The predicted molar refractivity (Wildman–Crippen MR) is 99.0 cm³/mol. The van der Waals surface area contributed by atoms with Gasteiger partial charge in [-0.2, -0.15) is 0 Å². The highest BCUT2D eigenvalue weighted by atomic mass is 35.5. The first-order valence-electron chi connectivity index (χ1n) is 8.16. The molecule has 0 saturated carbocycles. The van der Waals surface area contributed by atoms with Gasteiger partial charge in [-0.25, -0.2) is 0 Å². The quantitative estimate of drug-likeness (QED) is 0.682. The van der Waals surface area contributed by atoms with E-state index in [9.17, 15) is 14.4 Å². The molecule has 0 aliphatic rings. The Labute approximate surface area is 157 Å². The van der Waals surface area contributed by atoms with Crippen molar-refractivity contribution in [3.63, 3.8) is 0 Å². The lowest BCUT2D eigenvalue weighted by atomic mass is 10.2. The first-order valence-corrected chi connectivity index (χ1v) is 8.92. The molecule has 0 heterocycles. The Morgan fingerprint density at radius 2 is 1.80 bits per heavy atom. The highest BCUT2D eigenvalue weighted by Crippen LogP contribution is 2.20. The summed E-state index contributed by atoms with van der Waals surface area (Å²) in [5.41, 5.74) is 0.228. The van der Waals surface area contributed by atoms with E-state index in [1.165, 1.54) is 18.2 Å². The molecule has 8 heteroatoms. The van der Waals surface area contributed by atoms with Crippen LogP contribution in [0.15, 0.2) is 18.2 Å². The van der Waals surface area contributed by atoms with E-state index in [2.05, 4.69) is 17.6 Å². The predicted octanol–water partition coefficient (Wildman–Crippen LogP) is 2.49. The van der Waals surface area contributed by atoms with Crippen molar-refractivity contribution in [1.29, 1.82) is 0 Å². The monoisotopic (exact) mass is 387 g/mol. The first kappa shape index (κ1) is 21.3. The fraction of sp³-hybridized carbons (Fsp3) is 0.471. The number of benzene rings is 1. The summed E-state index contributed by atoms with van der Waals surface area (Å²) in [5.74, 6) is -1.07. The molecule has 0 saturated heterocycles. The van der Waals surface area contributed by atoms with Gasteiger partial charge in [0, 0.05) is 18.1 Å². The Kier molecular flexibility index (Phi) is 9.31. The molecule has 0 aromatic heterocycles. The van der Waals surface area contributed by atoms with Crippen LogP contribution in [-0.2, 0) is 9.59 Å². The standard InChI is InChI=1S/C17H23Cl2N3O3/c1-3-5-8-22(4-2)16(24)11-20-15(23)10-21-17(25)13-7-6-12(18)9-14(13)19/h6-7,9H,3-5,8,10-11H2,1-2H3,(H,20,23)(H,21,25). The highest BCUT2D eigenvalue weighted by Gasteiger charge is 2.14. The molecule has 0 aliphatic heterocycles. The molecule has 25 heavy (non-hydrogen) atoms. The van der Waals surface area contributed by atoms with Gasteiger partial charge in [0.25, 0.3) is 5.91 Å². The minimum Gasteiger partial charge on any atom is -0.345 e. The third kappa shape index (κ3) is 7.32. The summed E-state index contributed by atoms with van der Waals surface area (Å²) in [5, 5.41) is 5.58. The van der Waals surface area contributed by atoms with Gasteiger partial charge >= 0.3 is 0 Å². The van der Waals surface area contributed by atoms with Gasteiger partial charge in [0.1, 0.15) is 0 Å². The highest BCUT2D eigenvalue weighted by molar-refractivity contribution is 6.36. The number of carbonyl (C=O) groups excluding carboxylic acids is 3. The zero-order valence-electron chi connectivity index (χ0n) is 14.4. The van der Waals surface area contributed by atoms with Crippen LogP contribution in [0, 0.1) is 0 Å². The van der Waals surface area contributed by atoms with Crippen LogP contribution in [0.25, 0.3) is 0 Å². The zero-order valence-corrected chi connectivity index (χ0v) is 15.9. The van der Waals surface area contributed by atoms with Crippen molar-refractivity contribution in [3.8, 4) is 0 Å². The maximum Gasteiger partial charge on any atom is 0.253 e. The van der Waals surface area contributed by atoms with Gasteiger partial charge in [-0.15, -0.1) is 0 Å². The number of nitrogens with zero attached hydrogens (tertiary/aromatic N) is 1. The van der Waals surface area contributed by atoms with E-state index in [1.807, 2.05) is 6.92 Å². The number of hydrogen-bond acceptors (Lipinski definition) is 3. The molecule has 0 fully saturated rings. The molecule has 0 aliphatic carbocycles. The second-order valence-corrected chi connectivity index (χ2v) is 6.25. The lowest BCUT2D eigenvalue weighted by molar-refractivity contribution is -0.132. The number of unbranched alkanes of at least 4 members (excludes halogenated alkanes) is 1. The average Bonchev–Trinajstić information content (AvgIpc) is 2.58. The van der Waals surface area contributed by atoms with Crippen LogP contribution in [0.5, 0.6) is 0 Å². The van der Waals surface area contributed by atoms with E-state index < -0.39 is 11.8 Å². The third-order valence-corrected chi connectivity index (χ3v) is 4.09. The Morgan fingerprint density at radius 1 is 1.08 bits per heavy atom. The maximum absolute atomic E-state index is 12.0. The van der Waals surface area contributed by atoms with Crippen molar-refractivity contribution in [2.75, 3.05) is 26.2 Å². The Hall–Kier alpha value is -1.79. The largest absolute Gasteiger partial charge is 0.345 e. The van der Waals surface area contributed by atoms with Gasteiger partial charge < -0.3 is 15.5 Å². The van der Waals surface area contributed by atoms with Crippen molar-refractivity contribution < 1.29 is 14.4 Å². The fourth-order valence-electron chi connectivity index (χ4n) is 2.09. The van der Waals surface area contributed by atoms with Crippen LogP contribution in [0.3, 0.4) is 0 Å². The lowest BCUT2D eigenvalue weighted by Gasteiger charge is -2.20. The van der Waals surface area contributed by atoms with Crippen LogP contribution < -0.4 is 10.6 Å². The van der Waals surface area contributed by atoms with Gasteiger partial charge in [-0.1, -0.05) is 36.5 Å². The zero-order chi connectivity index (χ0) is 18.8. The molecule has 0 bridgehead atoms. The molecule has 0 radical (unpaired) electrons. The maximum atomic E-state index is 12.0. The van der Waals surface area contributed by atoms with E-state index in [0.29, 0.717) is 18.1 Å². The molecule has 3 amide bonds. The van der Waals surface area contributed by atoms with E-state index >= 15 is 0 Å². The second-order valence-electron chi connectivity index (χ2n) is 5.41. The van der Waals surface area contributed by atoms with Crippen molar-refractivity contribution in [2.24, 2.45) is 0 Å². The molecule has 1 aromatic rings. The number of hydrogen-bond donors (Lipinski definition) is 2. The molecule has 1 rings (SSSR count). The van der Waals surface area contributed by atoms with Crippen molar-refractivity contribution in [1.82, 2.24) is 15.5 Å². The van der Waals surface area contributed by atoms with Crippen molar-refractivity contribution >= 4 is 40.9 Å². The van der Waals surface area contributed by atoms with Gasteiger partial charge in [0.15, 0.2) is 0 Å². The first-order chi connectivity index (χ1) is 11.9. The van der Waals surface area contributed by atoms with Crippen LogP contribution in [0.2, 0.25) is 10.0 Å². The molecular formula is C17H23Cl2N3O3.